The van der Waals surface area contributed by atoms with Gasteiger partial charge in [-0.05, 0) is 37.4 Å². The first-order valence-corrected chi connectivity index (χ1v) is 7.50. The zero-order valence-electron chi connectivity index (χ0n) is 9.97. The van der Waals surface area contributed by atoms with Crippen molar-refractivity contribution in [2.75, 3.05) is 6.54 Å². The quantitative estimate of drug-likeness (QED) is 0.866. The molecule has 3 N–H and O–H groups in total. The Morgan fingerprint density at radius 2 is 2.06 bits per heavy atom. The fourth-order valence-electron chi connectivity index (χ4n) is 2.40. The van der Waals surface area contributed by atoms with E-state index in [1.54, 1.807) is 0 Å². The summed E-state index contributed by atoms with van der Waals surface area (Å²) in [6.07, 6.45) is 2.63. The maximum atomic E-state index is 13.5. The van der Waals surface area contributed by atoms with Crippen LogP contribution in [0.25, 0.3) is 0 Å². The molecule has 2 atom stereocenters. The molecular weight excluding hydrogens is 255 g/mol. The summed E-state index contributed by atoms with van der Waals surface area (Å²) in [5.41, 5.74) is 5.60. The molecule has 4 nitrogen and oxygen atoms in total. The average molecular weight is 272 g/mol. The average Bonchev–Trinajstić information content (AvgIpc) is 2.76. The van der Waals surface area contributed by atoms with Gasteiger partial charge in [0.15, 0.2) is 0 Å². The van der Waals surface area contributed by atoms with Crippen molar-refractivity contribution < 1.29 is 12.8 Å². The highest BCUT2D eigenvalue weighted by Gasteiger charge is 2.31. The standard InChI is InChI=1S/C12H17FN2O2S/c13-10-5-1-2-7-12(10)18(16,17)15-11-6-3-4-9(11)8-14/h1-2,5,7,9,11,15H,3-4,6,8,14H2/t9-,11-/m1/s1. The van der Waals surface area contributed by atoms with Gasteiger partial charge < -0.3 is 5.73 Å². The number of hydrogen-bond donors (Lipinski definition) is 2. The van der Waals surface area contributed by atoms with Crippen LogP contribution in [-0.4, -0.2) is 21.0 Å². The number of hydrogen-bond acceptors (Lipinski definition) is 3. The van der Waals surface area contributed by atoms with Crippen LogP contribution in [0.1, 0.15) is 19.3 Å². The summed E-state index contributed by atoms with van der Waals surface area (Å²) < 4.78 is 40.2. The van der Waals surface area contributed by atoms with E-state index in [9.17, 15) is 12.8 Å². The summed E-state index contributed by atoms with van der Waals surface area (Å²) in [7, 11) is -3.80. The first-order valence-electron chi connectivity index (χ1n) is 6.01. The second-order valence-corrected chi connectivity index (χ2v) is 6.27. The fraction of sp³-hybridized carbons (Fsp3) is 0.500. The van der Waals surface area contributed by atoms with Gasteiger partial charge in [0.05, 0.1) is 0 Å². The SMILES string of the molecule is NC[C@H]1CCC[C@H]1NS(=O)(=O)c1ccccc1F. The Kier molecular flexibility index (Phi) is 3.99. The van der Waals surface area contributed by atoms with E-state index in [0.29, 0.717) is 6.54 Å². The lowest BCUT2D eigenvalue weighted by Crippen LogP contribution is -2.40. The lowest BCUT2D eigenvalue weighted by molar-refractivity contribution is 0.451. The predicted molar refractivity (Wildman–Crippen MR) is 66.9 cm³/mol. The molecule has 1 aliphatic rings. The van der Waals surface area contributed by atoms with E-state index in [1.165, 1.54) is 18.2 Å². The van der Waals surface area contributed by atoms with E-state index in [4.69, 9.17) is 5.73 Å². The Balaban J connectivity index is 2.20. The molecule has 0 unspecified atom stereocenters. The minimum atomic E-state index is -3.80. The third-order valence-corrected chi connectivity index (χ3v) is 4.92. The van der Waals surface area contributed by atoms with Crippen LogP contribution in [0, 0.1) is 11.7 Å². The van der Waals surface area contributed by atoms with Gasteiger partial charge in [-0.15, -0.1) is 0 Å². The lowest BCUT2D eigenvalue weighted by atomic mass is 10.1. The summed E-state index contributed by atoms with van der Waals surface area (Å²) in [4.78, 5) is -0.298. The van der Waals surface area contributed by atoms with E-state index in [1.807, 2.05) is 0 Å². The first-order chi connectivity index (χ1) is 8.54. The van der Waals surface area contributed by atoms with Crippen LogP contribution in [0.4, 0.5) is 4.39 Å². The molecule has 6 heteroatoms. The number of benzene rings is 1. The summed E-state index contributed by atoms with van der Waals surface area (Å²) in [5, 5.41) is 0. The van der Waals surface area contributed by atoms with E-state index in [-0.39, 0.29) is 16.9 Å². The molecule has 1 saturated carbocycles. The topological polar surface area (TPSA) is 72.2 Å². The van der Waals surface area contributed by atoms with Crippen molar-refractivity contribution in [3.8, 4) is 0 Å². The summed E-state index contributed by atoms with van der Waals surface area (Å²) in [6.45, 7) is 0.449. The predicted octanol–water partition coefficient (Wildman–Crippen LogP) is 1.23. The summed E-state index contributed by atoms with van der Waals surface area (Å²) in [6, 6.07) is 5.20. The fourth-order valence-corrected chi connectivity index (χ4v) is 3.82. The molecule has 1 aromatic carbocycles. The Hall–Kier alpha value is -0.980. The van der Waals surface area contributed by atoms with Crippen molar-refractivity contribution >= 4 is 10.0 Å². The van der Waals surface area contributed by atoms with Crippen LogP contribution in [-0.2, 0) is 10.0 Å². The van der Waals surface area contributed by atoms with Crippen LogP contribution in [0.5, 0.6) is 0 Å². The molecule has 0 bridgehead atoms. The Morgan fingerprint density at radius 1 is 1.33 bits per heavy atom. The van der Waals surface area contributed by atoms with Gasteiger partial charge in [0, 0.05) is 6.04 Å². The van der Waals surface area contributed by atoms with E-state index in [0.717, 1.165) is 25.3 Å². The number of sulfonamides is 1. The Bertz CT molecular complexity index is 519. The molecule has 0 saturated heterocycles. The van der Waals surface area contributed by atoms with Gasteiger partial charge in [-0.2, -0.15) is 0 Å². The third-order valence-electron chi connectivity index (χ3n) is 3.39. The smallest absolute Gasteiger partial charge is 0.243 e. The van der Waals surface area contributed by atoms with Gasteiger partial charge in [0.2, 0.25) is 10.0 Å². The minimum Gasteiger partial charge on any atom is -0.330 e. The molecule has 0 radical (unpaired) electrons. The van der Waals surface area contributed by atoms with Gasteiger partial charge in [0.1, 0.15) is 10.7 Å². The van der Waals surface area contributed by atoms with Crippen LogP contribution in [0.3, 0.4) is 0 Å². The maximum Gasteiger partial charge on any atom is 0.243 e. The molecule has 0 heterocycles. The monoisotopic (exact) mass is 272 g/mol. The van der Waals surface area contributed by atoms with Crippen LogP contribution in [0.15, 0.2) is 29.2 Å². The van der Waals surface area contributed by atoms with Crippen molar-refractivity contribution in [1.29, 1.82) is 0 Å². The normalized spacial score (nSPS) is 24.3. The van der Waals surface area contributed by atoms with Crippen molar-refractivity contribution in [2.24, 2.45) is 11.7 Å². The first kappa shape index (κ1) is 13.5. The zero-order chi connectivity index (χ0) is 13.2. The molecule has 2 rings (SSSR count). The minimum absolute atomic E-state index is 0.145. The largest absolute Gasteiger partial charge is 0.330 e. The number of halogens is 1. The van der Waals surface area contributed by atoms with Crippen molar-refractivity contribution in [2.45, 2.75) is 30.2 Å². The van der Waals surface area contributed by atoms with E-state index in [2.05, 4.69) is 4.72 Å². The molecular formula is C12H17FN2O2S. The number of nitrogens with two attached hydrogens (primary N) is 1. The Labute approximate surface area is 106 Å². The molecule has 1 fully saturated rings. The number of rotatable bonds is 4. The van der Waals surface area contributed by atoms with Crippen LogP contribution in [0.2, 0.25) is 0 Å². The third kappa shape index (κ3) is 2.71. The molecule has 0 amide bonds. The molecule has 1 aromatic rings. The molecule has 0 aliphatic heterocycles. The second-order valence-electron chi connectivity index (χ2n) is 4.58. The molecule has 0 spiro atoms. The van der Waals surface area contributed by atoms with Gasteiger partial charge in [-0.3, -0.25) is 0 Å². The summed E-state index contributed by atoms with van der Waals surface area (Å²) in [5.74, 6) is -0.584. The van der Waals surface area contributed by atoms with E-state index >= 15 is 0 Å². The van der Waals surface area contributed by atoms with E-state index < -0.39 is 15.8 Å². The highest BCUT2D eigenvalue weighted by atomic mass is 32.2. The maximum absolute atomic E-state index is 13.5. The molecule has 100 valence electrons. The second kappa shape index (κ2) is 5.34. The molecule has 1 aliphatic carbocycles. The van der Waals surface area contributed by atoms with Crippen LogP contribution < -0.4 is 10.5 Å². The van der Waals surface area contributed by atoms with Gasteiger partial charge in [0.25, 0.3) is 0 Å². The zero-order valence-corrected chi connectivity index (χ0v) is 10.8. The highest BCUT2D eigenvalue weighted by molar-refractivity contribution is 7.89. The molecule has 0 aromatic heterocycles. The lowest BCUT2D eigenvalue weighted by Gasteiger charge is -2.19. The van der Waals surface area contributed by atoms with Gasteiger partial charge in [-0.25, -0.2) is 17.5 Å². The highest BCUT2D eigenvalue weighted by Crippen LogP contribution is 2.26. The van der Waals surface area contributed by atoms with Crippen molar-refractivity contribution in [1.82, 2.24) is 4.72 Å². The Morgan fingerprint density at radius 3 is 2.72 bits per heavy atom. The van der Waals surface area contributed by atoms with Gasteiger partial charge in [-0.1, -0.05) is 18.6 Å². The van der Waals surface area contributed by atoms with Gasteiger partial charge >= 0.3 is 0 Å². The molecule has 18 heavy (non-hydrogen) atoms. The van der Waals surface area contributed by atoms with Crippen molar-refractivity contribution in [3.63, 3.8) is 0 Å². The summed E-state index contributed by atoms with van der Waals surface area (Å²) >= 11 is 0. The number of nitrogens with one attached hydrogen (secondary N) is 1. The van der Waals surface area contributed by atoms with Crippen molar-refractivity contribution in [3.05, 3.63) is 30.1 Å². The van der Waals surface area contributed by atoms with Crippen LogP contribution >= 0.6 is 0 Å².